The SMILES string of the molecule is C#CCN1CCC(NC(C)c2ccc3c(c2)OCO3)CC1. The second-order valence-corrected chi connectivity index (χ2v) is 5.76. The van der Waals surface area contributed by atoms with Gasteiger partial charge in [0.1, 0.15) is 0 Å². The number of nitrogens with one attached hydrogen (secondary N) is 1. The maximum atomic E-state index is 5.44. The van der Waals surface area contributed by atoms with Crippen LogP contribution in [0.15, 0.2) is 18.2 Å². The monoisotopic (exact) mass is 286 g/mol. The van der Waals surface area contributed by atoms with Gasteiger partial charge in [-0.2, -0.15) is 0 Å². The Labute approximate surface area is 126 Å². The molecule has 21 heavy (non-hydrogen) atoms. The van der Waals surface area contributed by atoms with E-state index in [1.165, 1.54) is 5.56 Å². The number of benzene rings is 1. The molecule has 4 nitrogen and oxygen atoms in total. The summed E-state index contributed by atoms with van der Waals surface area (Å²) < 4.78 is 10.8. The predicted octanol–water partition coefficient (Wildman–Crippen LogP) is 2.16. The largest absolute Gasteiger partial charge is 0.454 e. The van der Waals surface area contributed by atoms with Gasteiger partial charge in [-0.05, 0) is 37.5 Å². The van der Waals surface area contributed by atoms with Gasteiger partial charge in [-0.3, -0.25) is 4.90 Å². The number of fused-ring (bicyclic) bond motifs is 1. The summed E-state index contributed by atoms with van der Waals surface area (Å²) in [6.07, 6.45) is 7.66. The van der Waals surface area contributed by atoms with Crippen molar-refractivity contribution in [3.8, 4) is 23.8 Å². The highest BCUT2D eigenvalue weighted by atomic mass is 16.7. The zero-order valence-corrected chi connectivity index (χ0v) is 12.5. The van der Waals surface area contributed by atoms with E-state index in [9.17, 15) is 0 Å². The molecule has 1 fully saturated rings. The van der Waals surface area contributed by atoms with Crippen LogP contribution in [0.2, 0.25) is 0 Å². The summed E-state index contributed by atoms with van der Waals surface area (Å²) in [7, 11) is 0. The Kier molecular flexibility index (Phi) is 4.33. The first kappa shape index (κ1) is 14.2. The lowest BCUT2D eigenvalue weighted by Gasteiger charge is -2.33. The number of ether oxygens (including phenoxy) is 2. The Hall–Kier alpha value is -1.70. The Balaban J connectivity index is 1.55. The highest BCUT2D eigenvalue weighted by molar-refractivity contribution is 5.45. The molecule has 0 amide bonds. The van der Waals surface area contributed by atoms with Gasteiger partial charge < -0.3 is 14.8 Å². The summed E-state index contributed by atoms with van der Waals surface area (Å²) in [4.78, 5) is 2.34. The second kappa shape index (κ2) is 6.38. The lowest BCUT2D eigenvalue weighted by Crippen LogP contribution is -2.43. The van der Waals surface area contributed by atoms with Crippen molar-refractivity contribution in [2.45, 2.75) is 31.8 Å². The Morgan fingerprint density at radius 3 is 2.86 bits per heavy atom. The van der Waals surface area contributed by atoms with Crippen LogP contribution in [0, 0.1) is 12.3 Å². The van der Waals surface area contributed by atoms with Gasteiger partial charge in [-0.25, -0.2) is 0 Å². The summed E-state index contributed by atoms with van der Waals surface area (Å²) in [6, 6.07) is 7.04. The van der Waals surface area contributed by atoms with Crippen molar-refractivity contribution in [1.29, 1.82) is 0 Å². The topological polar surface area (TPSA) is 33.7 Å². The summed E-state index contributed by atoms with van der Waals surface area (Å²) in [5.74, 6) is 4.42. The van der Waals surface area contributed by atoms with Gasteiger partial charge in [0.2, 0.25) is 6.79 Å². The zero-order chi connectivity index (χ0) is 14.7. The van der Waals surface area contributed by atoms with Gasteiger partial charge >= 0.3 is 0 Å². The molecule has 0 aliphatic carbocycles. The minimum atomic E-state index is 0.309. The van der Waals surface area contributed by atoms with Crippen LogP contribution in [-0.4, -0.2) is 37.4 Å². The first-order valence-corrected chi connectivity index (χ1v) is 7.57. The number of piperidine rings is 1. The van der Waals surface area contributed by atoms with E-state index < -0.39 is 0 Å². The van der Waals surface area contributed by atoms with Crippen LogP contribution in [0.1, 0.15) is 31.4 Å². The van der Waals surface area contributed by atoms with Crippen LogP contribution in [-0.2, 0) is 0 Å². The molecule has 0 radical (unpaired) electrons. The molecule has 0 saturated carbocycles. The van der Waals surface area contributed by atoms with Gasteiger partial charge in [0.05, 0.1) is 6.54 Å². The van der Waals surface area contributed by atoms with E-state index in [0.29, 0.717) is 18.9 Å². The predicted molar refractivity (Wildman–Crippen MR) is 82.4 cm³/mol. The fourth-order valence-corrected chi connectivity index (χ4v) is 3.02. The van der Waals surface area contributed by atoms with Crippen molar-refractivity contribution in [3.63, 3.8) is 0 Å². The maximum absolute atomic E-state index is 5.44. The molecule has 0 bridgehead atoms. The Morgan fingerprint density at radius 2 is 2.10 bits per heavy atom. The minimum Gasteiger partial charge on any atom is -0.454 e. The molecule has 1 unspecified atom stereocenters. The molecule has 2 aliphatic rings. The number of rotatable bonds is 4. The van der Waals surface area contributed by atoms with Gasteiger partial charge in [0, 0.05) is 25.2 Å². The molecule has 1 aromatic rings. The van der Waals surface area contributed by atoms with Gasteiger partial charge in [-0.1, -0.05) is 12.0 Å². The average molecular weight is 286 g/mol. The normalized spacial score (nSPS) is 20.2. The summed E-state index contributed by atoms with van der Waals surface area (Å²) in [5, 5.41) is 3.71. The Bertz CT molecular complexity index is 530. The molecule has 0 spiro atoms. The fourth-order valence-electron chi connectivity index (χ4n) is 3.02. The highest BCUT2D eigenvalue weighted by Crippen LogP contribution is 2.34. The van der Waals surface area contributed by atoms with Crippen LogP contribution >= 0.6 is 0 Å². The van der Waals surface area contributed by atoms with Crippen LogP contribution in [0.25, 0.3) is 0 Å². The molecule has 1 atom stereocenters. The zero-order valence-electron chi connectivity index (χ0n) is 12.5. The standard InChI is InChI=1S/C17H22N2O2/c1-3-8-19-9-6-15(7-10-19)18-13(2)14-4-5-16-17(11-14)21-12-20-16/h1,4-5,11,13,15,18H,6-10,12H2,2H3. The molecule has 1 aromatic carbocycles. The van der Waals surface area contributed by atoms with Crippen LogP contribution in [0.3, 0.4) is 0 Å². The molecular formula is C17H22N2O2. The van der Waals surface area contributed by atoms with Gasteiger partial charge in [0.15, 0.2) is 11.5 Å². The molecule has 112 valence electrons. The van der Waals surface area contributed by atoms with Crippen molar-refractivity contribution in [3.05, 3.63) is 23.8 Å². The van der Waals surface area contributed by atoms with E-state index in [2.05, 4.69) is 35.2 Å². The van der Waals surface area contributed by atoms with Crippen molar-refractivity contribution < 1.29 is 9.47 Å². The average Bonchev–Trinajstić information content (AvgIpc) is 2.97. The molecule has 1 saturated heterocycles. The second-order valence-electron chi connectivity index (χ2n) is 5.76. The molecule has 1 N–H and O–H groups in total. The number of hydrogen-bond donors (Lipinski definition) is 1. The minimum absolute atomic E-state index is 0.309. The summed E-state index contributed by atoms with van der Waals surface area (Å²) in [6.45, 7) is 5.45. The van der Waals surface area contributed by atoms with E-state index in [0.717, 1.165) is 44.0 Å². The summed E-state index contributed by atoms with van der Waals surface area (Å²) in [5.41, 5.74) is 1.24. The molecule has 0 aromatic heterocycles. The summed E-state index contributed by atoms with van der Waals surface area (Å²) >= 11 is 0. The smallest absolute Gasteiger partial charge is 0.231 e. The van der Waals surface area contributed by atoms with Crippen molar-refractivity contribution in [1.82, 2.24) is 10.2 Å². The molecular weight excluding hydrogens is 264 g/mol. The van der Waals surface area contributed by atoms with Gasteiger partial charge in [0.25, 0.3) is 0 Å². The van der Waals surface area contributed by atoms with Gasteiger partial charge in [-0.15, -0.1) is 6.42 Å². The van der Waals surface area contributed by atoms with Crippen LogP contribution in [0.5, 0.6) is 11.5 Å². The third kappa shape index (κ3) is 3.31. The number of nitrogens with zero attached hydrogens (tertiary/aromatic N) is 1. The van der Waals surface area contributed by atoms with E-state index in [1.54, 1.807) is 0 Å². The third-order valence-electron chi connectivity index (χ3n) is 4.28. The van der Waals surface area contributed by atoms with Crippen LogP contribution < -0.4 is 14.8 Å². The Morgan fingerprint density at radius 1 is 1.33 bits per heavy atom. The van der Waals surface area contributed by atoms with E-state index in [4.69, 9.17) is 15.9 Å². The van der Waals surface area contributed by atoms with E-state index in [-0.39, 0.29) is 0 Å². The third-order valence-corrected chi connectivity index (χ3v) is 4.28. The lowest BCUT2D eigenvalue weighted by molar-refractivity contribution is 0.174. The fraction of sp³-hybridized carbons (Fsp3) is 0.529. The molecule has 2 heterocycles. The number of likely N-dealkylation sites (tertiary alicyclic amines) is 1. The first-order chi connectivity index (χ1) is 10.3. The van der Waals surface area contributed by atoms with Crippen molar-refractivity contribution in [2.24, 2.45) is 0 Å². The van der Waals surface area contributed by atoms with E-state index in [1.807, 2.05) is 6.07 Å². The molecule has 3 rings (SSSR count). The first-order valence-electron chi connectivity index (χ1n) is 7.57. The highest BCUT2D eigenvalue weighted by Gasteiger charge is 2.21. The lowest BCUT2D eigenvalue weighted by atomic mass is 10.0. The number of terminal acetylenes is 1. The number of hydrogen-bond acceptors (Lipinski definition) is 4. The maximum Gasteiger partial charge on any atom is 0.231 e. The van der Waals surface area contributed by atoms with Crippen molar-refractivity contribution >= 4 is 0 Å². The van der Waals surface area contributed by atoms with E-state index >= 15 is 0 Å². The van der Waals surface area contributed by atoms with Crippen molar-refractivity contribution in [2.75, 3.05) is 26.4 Å². The quantitative estimate of drug-likeness (QED) is 0.860. The van der Waals surface area contributed by atoms with Crippen LogP contribution in [0.4, 0.5) is 0 Å². The molecule has 2 aliphatic heterocycles. The molecule has 4 heteroatoms.